The fraction of sp³-hybridized carbons (Fsp3) is 0.500. The summed E-state index contributed by atoms with van der Waals surface area (Å²) in [5.74, 6) is -0.180. The standard InChI is InChI=1S/C8H10BrNO2S2/c1-5(3-7(11)12-2)14-8-10-6(9)4-13-8/h4-5H,3H2,1-2H3. The summed E-state index contributed by atoms with van der Waals surface area (Å²) < 4.78 is 6.39. The molecule has 1 unspecified atom stereocenters. The van der Waals surface area contributed by atoms with Gasteiger partial charge in [0.15, 0.2) is 4.34 Å². The number of carbonyl (C=O) groups is 1. The second-order valence-corrected chi connectivity index (χ2v) is 6.00. The van der Waals surface area contributed by atoms with Crippen LogP contribution >= 0.6 is 39.0 Å². The predicted octanol–water partition coefficient (Wildman–Crippen LogP) is 2.95. The molecule has 6 heteroatoms. The maximum absolute atomic E-state index is 11.0. The minimum atomic E-state index is -0.180. The lowest BCUT2D eigenvalue weighted by atomic mass is 10.3. The summed E-state index contributed by atoms with van der Waals surface area (Å²) in [5.41, 5.74) is 0. The molecule has 0 aromatic carbocycles. The summed E-state index contributed by atoms with van der Waals surface area (Å²) >= 11 is 6.43. The van der Waals surface area contributed by atoms with Crippen molar-refractivity contribution in [3.05, 3.63) is 9.98 Å². The highest BCUT2D eigenvalue weighted by atomic mass is 79.9. The van der Waals surface area contributed by atoms with Gasteiger partial charge < -0.3 is 4.74 Å². The Labute approximate surface area is 99.4 Å². The summed E-state index contributed by atoms with van der Waals surface area (Å²) in [6, 6.07) is 0. The zero-order valence-electron chi connectivity index (χ0n) is 7.82. The first kappa shape index (κ1) is 12.0. The third-order valence-corrected chi connectivity index (χ3v) is 4.22. The third kappa shape index (κ3) is 3.98. The summed E-state index contributed by atoms with van der Waals surface area (Å²) in [5, 5.41) is 2.12. The lowest BCUT2D eigenvalue weighted by Crippen LogP contribution is -2.08. The Morgan fingerprint density at radius 1 is 1.86 bits per heavy atom. The lowest BCUT2D eigenvalue weighted by molar-refractivity contribution is -0.140. The molecule has 3 nitrogen and oxygen atoms in total. The second-order valence-electron chi connectivity index (χ2n) is 2.64. The molecule has 14 heavy (non-hydrogen) atoms. The Hall–Kier alpha value is -0.0700. The molecule has 0 N–H and O–H groups in total. The number of aromatic nitrogens is 1. The molecule has 0 saturated carbocycles. The van der Waals surface area contributed by atoms with Gasteiger partial charge in [-0.05, 0) is 15.9 Å². The van der Waals surface area contributed by atoms with Crippen LogP contribution in [0.5, 0.6) is 0 Å². The largest absolute Gasteiger partial charge is 0.469 e. The Kier molecular flexibility index (Phi) is 4.91. The highest BCUT2D eigenvalue weighted by Gasteiger charge is 2.12. The Morgan fingerprint density at radius 2 is 2.57 bits per heavy atom. The van der Waals surface area contributed by atoms with Crippen LogP contribution in [0.4, 0.5) is 0 Å². The zero-order chi connectivity index (χ0) is 10.6. The molecule has 1 aromatic heterocycles. The van der Waals surface area contributed by atoms with Crippen LogP contribution in [0.1, 0.15) is 13.3 Å². The summed E-state index contributed by atoms with van der Waals surface area (Å²) in [7, 11) is 1.40. The molecule has 0 bridgehead atoms. The van der Waals surface area contributed by atoms with Crippen molar-refractivity contribution in [2.75, 3.05) is 7.11 Å². The van der Waals surface area contributed by atoms with Gasteiger partial charge in [-0.15, -0.1) is 11.3 Å². The van der Waals surface area contributed by atoms with E-state index in [1.54, 1.807) is 23.1 Å². The molecule has 1 rings (SSSR count). The maximum Gasteiger partial charge on any atom is 0.306 e. The quantitative estimate of drug-likeness (QED) is 0.632. The van der Waals surface area contributed by atoms with E-state index in [1.807, 2.05) is 12.3 Å². The van der Waals surface area contributed by atoms with Crippen molar-refractivity contribution in [2.45, 2.75) is 22.9 Å². The van der Waals surface area contributed by atoms with E-state index in [2.05, 4.69) is 25.7 Å². The molecular weight excluding hydrogens is 286 g/mol. The van der Waals surface area contributed by atoms with Crippen LogP contribution < -0.4 is 0 Å². The number of ether oxygens (including phenoxy) is 1. The van der Waals surface area contributed by atoms with Gasteiger partial charge in [-0.25, -0.2) is 4.98 Å². The molecule has 0 spiro atoms. The predicted molar refractivity (Wildman–Crippen MR) is 61.8 cm³/mol. The van der Waals surface area contributed by atoms with Crippen LogP contribution in [-0.4, -0.2) is 23.3 Å². The van der Waals surface area contributed by atoms with Crippen LogP contribution in [0.15, 0.2) is 14.3 Å². The molecule has 0 aliphatic heterocycles. The molecule has 78 valence electrons. The Bertz CT molecular complexity index is 316. The number of hydrogen-bond acceptors (Lipinski definition) is 5. The van der Waals surface area contributed by atoms with E-state index in [9.17, 15) is 4.79 Å². The molecule has 0 amide bonds. The van der Waals surface area contributed by atoms with E-state index in [-0.39, 0.29) is 11.2 Å². The summed E-state index contributed by atoms with van der Waals surface area (Å²) in [6.07, 6.45) is 0.415. The number of hydrogen-bond donors (Lipinski definition) is 0. The van der Waals surface area contributed by atoms with Gasteiger partial charge in [0, 0.05) is 10.6 Å². The molecule has 1 heterocycles. The molecule has 1 atom stereocenters. The fourth-order valence-corrected chi connectivity index (χ4v) is 3.49. The highest BCUT2D eigenvalue weighted by molar-refractivity contribution is 9.10. The van der Waals surface area contributed by atoms with E-state index >= 15 is 0 Å². The third-order valence-electron chi connectivity index (χ3n) is 1.44. The SMILES string of the molecule is COC(=O)CC(C)Sc1nc(Br)cs1. The highest BCUT2D eigenvalue weighted by Crippen LogP contribution is 2.29. The number of nitrogens with zero attached hydrogens (tertiary/aromatic N) is 1. The van der Waals surface area contributed by atoms with Crippen LogP contribution in [0.25, 0.3) is 0 Å². The van der Waals surface area contributed by atoms with Crippen LogP contribution in [0.3, 0.4) is 0 Å². The average molecular weight is 296 g/mol. The molecule has 0 aliphatic carbocycles. The van der Waals surface area contributed by atoms with Crippen molar-refractivity contribution in [1.82, 2.24) is 4.98 Å². The molecule has 0 radical (unpaired) electrons. The molecule has 0 saturated heterocycles. The lowest BCUT2D eigenvalue weighted by Gasteiger charge is -2.06. The van der Waals surface area contributed by atoms with E-state index in [0.29, 0.717) is 6.42 Å². The van der Waals surface area contributed by atoms with Crippen molar-refractivity contribution in [1.29, 1.82) is 0 Å². The fourth-order valence-electron chi connectivity index (χ4n) is 0.825. The number of carbonyl (C=O) groups excluding carboxylic acids is 1. The van der Waals surface area contributed by atoms with Gasteiger partial charge in [0.1, 0.15) is 4.60 Å². The maximum atomic E-state index is 11.0. The van der Waals surface area contributed by atoms with E-state index in [0.717, 1.165) is 8.94 Å². The van der Waals surface area contributed by atoms with Crippen molar-refractivity contribution < 1.29 is 9.53 Å². The first-order chi connectivity index (χ1) is 6.61. The van der Waals surface area contributed by atoms with Crippen LogP contribution in [0.2, 0.25) is 0 Å². The summed E-state index contributed by atoms with van der Waals surface area (Å²) in [6.45, 7) is 1.98. The topological polar surface area (TPSA) is 39.2 Å². The Morgan fingerprint density at radius 3 is 3.07 bits per heavy atom. The summed E-state index contributed by atoms with van der Waals surface area (Å²) in [4.78, 5) is 15.2. The molecule has 0 fully saturated rings. The zero-order valence-corrected chi connectivity index (χ0v) is 11.0. The van der Waals surface area contributed by atoms with Gasteiger partial charge in [0.25, 0.3) is 0 Å². The van der Waals surface area contributed by atoms with Crippen molar-refractivity contribution in [3.8, 4) is 0 Å². The average Bonchev–Trinajstić information content (AvgIpc) is 2.50. The minimum absolute atomic E-state index is 0.180. The first-order valence-corrected chi connectivity index (χ1v) is 6.51. The van der Waals surface area contributed by atoms with E-state index < -0.39 is 0 Å². The van der Waals surface area contributed by atoms with E-state index in [1.165, 1.54) is 7.11 Å². The van der Waals surface area contributed by atoms with Gasteiger partial charge in [0.05, 0.1) is 13.5 Å². The molecular formula is C8H10BrNO2S2. The number of thiazole rings is 1. The number of rotatable bonds is 4. The monoisotopic (exact) mass is 295 g/mol. The normalized spacial score (nSPS) is 12.5. The van der Waals surface area contributed by atoms with Crippen molar-refractivity contribution >= 4 is 45.0 Å². The second kappa shape index (κ2) is 5.72. The van der Waals surface area contributed by atoms with Crippen LogP contribution in [-0.2, 0) is 9.53 Å². The number of esters is 1. The number of halogens is 1. The van der Waals surface area contributed by atoms with Crippen molar-refractivity contribution in [3.63, 3.8) is 0 Å². The minimum Gasteiger partial charge on any atom is -0.469 e. The smallest absolute Gasteiger partial charge is 0.306 e. The van der Waals surface area contributed by atoms with Gasteiger partial charge >= 0.3 is 5.97 Å². The first-order valence-electron chi connectivity index (χ1n) is 3.96. The van der Waals surface area contributed by atoms with Crippen LogP contribution in [0, 0.1) is 0 Å². The molecule has 1 aromatic rings. The van der Waals surface area contributed by atoms with Gasteiger partial charge in [0.2, 0.25) is 0 Å². The molecule has 0 aliphatic rings. The van der Waals surface area contributed by atoms with E-state index in [4.69, 9.17) is 0 Å². The number of thioether (sulfide) groups is 1. The number of methoxy groups -OCH3 is 1. The Balaban J connectivity index is 2.41. The van der Waals surface area contributed by atoms with Gasteiger partial charge in [-0.1, -0.05) is 18.7 Å². The van der Waals surface area contributed by atoms with Gasteiger partial charge in [-0.3, -0.25) is 4.79 Å². The van der Waals surface area contributed by atoms with Gasteiger partial charge in [-0.2, -0.15) is 0 Å². The van der Waals surface area contributed by atoms with Crippen molar-refractivity contribution in [2.24, 2.45) is 0 Å².